The Morgan fingerprint density at radius 2 is 2.19 bits per heavy atom. The molecular formula is C12H14ClN3. The summed E-state index contributed by atoms with van der Waals surface area (Å²) in [7, 11) is 0. The molecule has 0 fully saturated rings. The number of amidine groups is 1. The van der Waals surface area contributed by atoms with Crippen molar-refractivity contribution in [2.45, 2.75) is 20.4 Å². The van der Waals surface area contributed by atoms with Crippen LogP contribution in [0.1, 0.15) is 18.2 Å². The first kappa shape index (κ1) is 11.0. The van der Waals surface area contributed by atoms with Gasteiger partial charge in [-0.05, 0) is 19.9 Å². The summed E-state index contributed by atoms with van der Waals surface area (Å²) >= 11 is 6.25. The lowest BCUT2D eigenvalue weighted by molar-refractivity contribution is 0.770. The van der Waals surface area contributed by atoms with E-state index in [-0.39, 0.29) is 5.84 Å². The molecule has 1 aromatic carbocycles. The fourth-order valence-corrected chi connectivity index (χ4v) is 2.27. The van der Waals surface area contributed by atoms with Gasteiger partial charge in [-0.25, -0.2) is 0 Å². The van der Waals surface area contributed by atoms with Crippen LogP contribution in [0.3, 0.4) is 0 Å². The van der Waals surface area contributed by atoms with E-state index < -0.39 is 0 Å². The van der Waals surface area contributed by atoms with Crippen molar-refractivity contribution >= 4 is 28.3 Å². The highest BCUT2D eigenvalue weighted by atomic mass is 35.5. The molecule has 0 aliphatic rings. The molecule has 0 amide bonds. The van der Waals surface area contributed by atoms with Gasteiger partial charge in [-0.2, -0.15) is 0 Å². The molecule has 0 bridgehead atoms. The molecule has 0 aliphatic carbocycles. The average Bonchev–Trinajstić information content (AvgIpc) is 2.51. The minimum atomic E-state index is 0.0829. The molecular weight excluding hydrogens is 222 g/mol. The summed E-state index contributed by atoms with van der Waals surface area (Å²) in [6, 6.07) is 5.67. The molecule has 0 unspecified atom stereocenters. The highest BCUT2D eigenvalue weighted by Crippen LogP contribution is 2.30. The van der Waals surface area contributed by atoms with Crippen LogP contribution in [0, 0.1) is 12.3 Å². The van der Waals surface area contributed by atoms with Crippen LogP contribution in [0.5, 0.6) is 0 Å². The molecule has 2 rings (SSSR count). The van der Waals surface area contributed by atoms with Crippen molar-refractivity contribution in [2.75, 3.05) is 0 Å². The van der Waals surface area contributed by atoms with E-state index in [1.54, 1.807) is 0 Å². The highest BCUT2D eigenvalue weighted by Gasteiger charge is 2.12. The fourth-order valence-electron chi connectivity index (χ4n) is 2.01. The summed E-state index contributed by atoms with van der Waals surface area (Å²) in [6.45, 7) is 4.93. The van der Waals surface area contributed by atoms with Crippen molar-refractivity contribution in [3.63, 3.8) is 0 Å². The molecule has 0 saturated carbocycles. The zero-order valence-electron chi connectivity index (χ0n) is 9.34. The topological polar surface area (TPSA) is 54.8 Å². The Labute approximate surface area is 99.3 Å². The zero-order chi connectivity index (χ0) is 11.9. The fraction of sp³-hybridized carbons (Fsp3) is 0.250. The van der Waals surface area contributed by atoms with Gasteiger partial charge in [-0.15, -0.1) is 0 Å². The Hall–Kier alpha value is -1.48. The smallest absolute Gasteiger partial charge is 0.122 e. The van der Waals surface area contributed by atoms with E-state index in [9.17, 15) is 0 Å². The number of nitrogens with two attached hydrogens (primary N) is 1. The molecule has 2 aromatic rings. The van der Waals surface area contributed by atoms with Crippen LogP contribution >= 0.6 is 11.6 Å². The lowest BCUT2D eigenvalue weighted by atomic mass is 10.1. The Kier molecular flexibility index (Phi) is 2.64. The first-order chi connectivity index (χ1) is 7.56. The minimum absolute atomic E-state index is 0.0829. The molecule has 3 N–H and O–H groups in total. The van der Waals surface area contributed by atoms with Crippen molar-refractivity contribution in [3.05, 3.63) is 34.5 Å². The number of aromatic nitrogens is 1. The standard InChI is InChI=1S/C12H14ClN3/c1-3-16-7(2)11(13)9-5-4-8(12(14)15)6-10(9)16/h4-6H,3H2,1-2H3,(H3,14,15). The Balaban J connectivity index is 2.81. The van der Waals surface area contributed by atoms with Gasteiger partial charge in [0.15, 0.2) is 0 Å². The predicted molar refractivity (Wildman–Crippen MR) is 68.4 cm³/mol. The summed E-state index contributed by atoms with van der Waals surface area (Å²) in [5, 5.41) is 9.24. The molecule has 0 saturated heterocycles. The monoisotopic (exact) mass is 235 g/mol. The summed E-state index contributed by atoms with van der Waals surface area (Å²) in [6.07, 6.45) is 0. The second kappa shape index (κ2) is 3.83. The van der Waals surface area contributed by atoms with Crippen LogP contribution in [0.25, 0.3) is 10.9 Å². The summed E-state index contributed by atoms with van der Waals surface area (Å²) in [5.41, 5.74) is 8.31. The summed E-state index contributed by atoms with van der Waals surface area (Å²) < 4.78 is 2.13. The van der Waals surface area contributed by atoms with E-state index in [0.29, 0.717) is 0 Å². The molecule has 1 heterocycles. The first-order valence-electron chi connectivity index (χ1n) is 5.19. The number of fused-ring (bicyclic) bond motifs is 1. The van der Waals surface area contributed by atoms with Crippen LogP contribution in [-0.4, -0.2) is 10.4 Å². The van der Waals surface area contributed by atoms with Gasteiger partial charge in [-0.1, -0.05) is 23.7 Å². The van der Waals surface area contributed by atoms with Gasteiger partial charge in [0.1, 0.15) is 5.84 Å². The molecule has 0 atom stereocenters. The lowest BCUT2D eigenvalue weighted by Crippen LogP contribution is -2.10. The maximum absolute atomic E-state index is 7.43. The van der Waals surface area contributed by atoms with E-state index in [1.165, 1.54) is 0 Å². The van der Waals surface area contributed by atoms with Crippen LogP contribution < -0.4 is 5.73 Å². The highest BCUT2D eigenvalue weighted by molar-refractivity contribution is 6.36. The Bertz CT molecular complexity index is 569. The normalized spacial score (nSPS) is 10.9. The second-order valence-electron chi connectivity index (χ2n) is 3.79. The number of nitrogen functional groups attached to an aromatic ring is 1. The van der Waals surface area contributed by atoms with Gasteiger partial charge >= 0.3 is 0 Å². The van der Waals surface area contributed by atoms with Crippen molar-refractivity contribution in [1.29, 1.82) is 5.41 Å². The molecule has 84 valence electrons. The Morgan fingerprint density at radius 1 is 1.50 bits per heavy atom. The van der Waals surface area contributed by atoms with E-state index in [4.69, 9.17) is 22.7 Å². The number of benzene rings is 1. The van der Waals surface area contributed by atoms with Crippen LogP contribution in [0.4, 0.5) is 0 Å². The third-order valence-corrected chi connectivity index (χ3v) is 3.35. The van der Waals surface area contributed by atoms with Gasteiger partial charge < -0.3 is 10.3 Å². The number of hydrogen-bond acceptors (Lipinski definition) is 1. The van der Waals surface area contributed by atoms with E-state index in [0.717, 1.165) is 33.7 Å². The van der Waals surface area contributed by atoms with Gasteiger partial charge in [-0.3, -0.25) is 5.41 Å². The SMILES string of the molecule is CCn1c(C)c(Cl)c2ccc(C(=N)N)cc21. The average molecular weight is 236 g/mol. The Morgan fingerprint density at radius 3 is 2.75 bits per heavy atom. The third kappa shape index (κ3) is 1.48. The van der Waals surface area contributed by atoms with Crippen molar-refractivity contribution in [3.8, 4) is 0 Å². The number of aryl methyl sites for hydroxylation is 1. The number of nitrogens with zero attached hydrogens (tertiary/aromatic N) is 1. The van der Waals surface area contributed by atoms with Gasteiger partial charge in [0.05, 0.1) is 10.5 Å². The van der Waals surface area contributed by atoms with Crippen molar-refractivity contribution < 1.29 is 0 Å². The van der Waals surface area contributed by atoms with Crippen LogP contribution in [0.15, 0.2) is 18.2 Å². The number of halogens is 1. The predicted octanol–water partition coefficient (Wildman–Crippen LogP) is 2.91. The molecule has 0 aliphatic heterocycles. The number of hydrogen-bond donors (Lipinski definition) is 2. The summed E-state index contributed by atoms with van der Waals surface area (Å²) in [4.78, 5) is 0. The number of nitrogens with one attached hydrogen (secondary N) is 1. The number of rotatable bonds is 2. The molecule has 0 spiro atoms. The van der Waals surface area contributed by atoms with Gasteiger partial charge in [0, 0.05) is 23.2 Å². The quantitative estimate of drug-likeness (QED) is 0.610. The van der Waals surface area contributed by atoms with Crippen LogP contribution in [-0.2, 0) is 6.54 Å². The minimum Gasteiger partial charge on any atom is -0.384 e. The first-order valence-corrected chi connectivity index (χ1v) is 5.56. The zero-order valence-corrected chi connectivity index (χ0v) is 10.1. The molecule has 4 heteroatoms. The summed E-state index contributed by atoms with van der Waals surface area (Å²) in [5.74, 6) is 0.0829. The third-order valence-electron chi connectivity index (χ3n) is 2.87. The maximum Gasteiger partial charge on any atom is 0.122 e. The molecule has 16 heavy (non-hydrogen) atoms. The van der Waals surface area contributed by atoms with Gasteiger partial charge in [0.25, 0.3) is 0 Å². The molecule has 0 radical (unpaired) electrons. The largest absolute Gasteiger partial charge is 0.384 e. The van der Waals surface area contributed by atoms with Crippen LogP contribution in [0.2, 0.25) is 5.02 Å². The van der Waals surface area contributed by atoms with E-state index in [2.05, 4.69) is 11.5 Å². The lowest BCUT2D eigenvalue weighted by Gasteiger charge is -2.04. The van der Waals surface area contributed by atoms with E-state index in [1.807, 2.05) is 25.1 Å². The second-order valence-corrected chi connectivity index (χ2v) is 4.17. The molecule has 3 nitrogen and oxygen atoms in total. The molecule has 1 aromatic heterocycles. The maximum atomic E-state index is 7.43. The van der Waals surface area contributed by atoms with Crippen molar-refractivity contribution in [1.82, 2.24) is 4.57 Å². The van der Waals surface area contributed by atoms with Crippen molar-refractivity contribution in [2.24, 2.45) is 5.73 Å². The van der Waals surface area contributed by atoms with Gasteiger partial charge in [0.2, 0.25) is 0 Å². The van der Waals surface area contributed by atoms with E-state index >= 15 is 0 Å².